The van der Waals surface area contributed by atoms with Crippen LogP contribution in [-0.2, 0) is 0 Å². The topological polar surface area (TPSA) is 59.1 Å². The van der Waals surface area contributed by atoms with Crippen molar-refractivity contribution in [3.63, 3.8) is 0 Å². The van der Waals surface area contributed by atoms with Crippen LogP contribution in [0.2, 0.25) is 5.02 Å². The Balaban J connectivity index is 1.69. The fraction of sp³-hybridized carbons (Fsp3) is 0. The molecule has 0 bridgehead atoms. The van der Waals surface area contributed by atoms with Crippen molar-refractivity contribution in [3.05, 3.63) is 92.4 Å². The lowest BCUT2D eigenvalue weighted by Crippen LogP contribution is -2.15. The van der Waals surface area contributed by atoms with Gasteiger partial charge in [0, 0.05) is 21.2 Å². The summed E-state index contributed by atoms with van der Waals surface area (Å²) in [6, 6.07) is 17.3. The van der Waals surface area contributed by atoms with E-state index in [0.717, 1.165) is 14.7 Å². The van der Waals surface area contributed by atoms with E-state index < -0.39 is 0 Å². The summed E-state index contributed by atoms with van der Waals surface area (Å²) in [7, 11) is 0. The molecule has 0 atom stereocenters. The summed E-state index contributed by atoms with van der Waals surface area (Å²) in [5.41, 5.74) is 4.23. The molecule has 4 rings (SSSR count). The third-order valence-corrected chi connectivity index (χ3v) is 5.80. The molecule has 1 amide bonds. The van der Waals surface area contributed by atoms with Crippen LogP contribution in [-0.4, -0.2) is 16.7 Å². The highest BCUT2D eigenvalue weighted by Crippen LogP contribution is 2.27. The van der Waals surface area contributed by atoms with E-state index in [1.54, 1.807) is 66.2 Å². The lowest BCUT2D eigenvalue weighted by molar-refractivity contribution is 0.102. The minimum Gasteiger partial charge on any atom is -0.321 e. The number of ketones is 1. The molecule has 0 fully saturated rings. The van der Waals surface area contributed by atoms with E-state index in [-0.39, 0.29) is 11.7 Å². The molecule has 0 spiro atoms. The summed E-state index contributed by atoms with van der Waals surface area (Å²) in [6.07, 6.45) is 0. The summed E-state index contributed by atoms with van der Waals surface area (Å²) in [6.45, 7) is 0. The van der Waals surface area contributed by atoms with Crippen LogP contribution in [0.15, 0.2) is 70.6 Å². The number of carbonyl (C=O) groups excluding carboxylic acids is 2. The molecule has 1 aromatic heterocycles. The first-order valence-electron chi connectivity index (χ1n) is 8.26. The van der Waals surface area contributed by atoms with Crippen LogP contribution in [0.4, 0.5) is 5.69 Å². The second-order valence-corrected chi connectivity index (χ2v) is 8.20. The van der Waals surface area contributed by atoms with Crippen LogP contribution < -0.4 is 5.32 Å². The Morgan fingerprint density at radius 3 is 2.64 bits per heavy atom. The number of aromatic nitrogens is 1. The van der Waals surface area contributed by atoms with E-state index in [9.17, 15) is 9.59 Å². The number of nitrogens with zero attached hydrogens (tertiary/aromatic N) is 1. The van der Waals surface area contributed by atoms with E-state index in [4.69, 9.17) is 11.6 Å². The smallest absolute Gasteiger partial charge is 0.255 e. The standard InChI is InChI=1S/C21H12BrClN2O2S/c22-13-6-8-17(15(10-13)20(26)14-3-1-2-4-16(14)23)25-21(27)12-5-7-18-19(9-12)28-11-24-18/h1-11H,(H,25,27). The van der Waals surface area contributed by atoms with Crippen molar-refractivity contribution >= 4 is 66.5 Å². The summed E-state index contributed by atoms with van der Waals surface area (Å²) < 4.78 is 1.66. The number of carbonyl (C=O) groups is 2. The van der Waals surface area contributed by atoms with Crippen molar-refractivity contribution in [1.29, 1.82) is 0 Å². The number of thiazole rings is 1. The van der Waals surface area contributed by atoms with Gasteiger partial charge in [-0.2, -0.15) is 0 Å². The van der Waals surface area contributed by atoms with Gasteiger partial charge in [-0.15, -0.1) is 11.3 Å². The van der Waals surface area contributed by atoms with Gasteiger partial charge in [0.25, 0.3) is 5.91 Å². The predicted molar refractivity (Wildman–Crippen MR) is 117 cm³/mol. The molecule has 4 nitrogen and oxygen atoms in total. The number of hydrogen-bond donors (Lipinski definition) is 1. The van der Waals surface area contributed by atoms with E-state index in [1.807, 2.05) is 0 Å². The molecule has 0 saturated carbocycles. The van der Waals surface area contributed by atoms with Crippen LogP contribution in [0.25, 0.3) is 10.2 Å². The average Bonchev–Trinajstić information content (AvgIpc) is 3.17. The molecular weight excluding hydrogens is 460 g/mol. The molecule has 0 aliphatic rings. The number of amides is 1. The van der Waals surface area contributed by atoms with Gasteiger partial charge in [0.2, 0.25) is 0 Å². The number of benzene rings is 3. The van der Waals surface area contributed by atoms with E-state index in [1.165, 1.54) is 11.3 Å². The second kappa shape index (κ2) is 7.83. The van der Waals surface area contributed by atoms with Gasteiger partial charge in [-0.3, -0.25) is 9.59 Å². The zero-order chi connectivity index (χ0) is 19.7. The van der Waals surface area contributed by atoms with Crippen LogP contribution in [0.5, 0.6) is 0 Å². The monoisotopic (exact) mass is 470 g/mol. The first-order valence-corrected chi connectivity index (χ1v) is 10.3. The molecule has 0 radical (unpaired) electrons. The predicted octanol–water partition coefficient (Wildman–Crippen LogP) is 6.20. The lowest BCUT2D eigenvalue weighted by Gasteiger charge is -2.12. The van der Waals surface area contributed by atoms with Gasteiger partial charge in [-0.05, 0) is 48.5 Å². The number of halogens is 2. The minimum absolute atomic E-state index is 0.264. The first-order chi connectivity index (χ1) is 13.5. The molecule has 0 unspecified atom stereocenters. The zero-order valence-corrected chi connectivity index (χ0v) is 17.4. The molecule has 1 heterocycles. The number of fused-ring (bicyclic) bond motifs is 1. The van der Waals surface area contributed by atoms with Gasteiger partial charge >= 0.3 is 0 Å². The maximum Gasteiger partial charge on any atom is 0.255 e. The summed E-state index contributed by atoms with van der Waals surface area (Å²) in [5.74, 6) is -0.564. The largest absolute Gasteiger partial charge is 0.321 e. The van der Waals surface area contributed by atoms with Crippen LogP contribution in [0.3, 0.4) is 0 Å². The Labute approximate surface area is 178 Å². The highest BCUT2D eigenvalue weighted by atomic mass is 79.9. The van der Waals surface area contributed by atoms with Crippen LogP contribution >= 0.6 is 38.9 Å². The molecule has 4 aromatic rings. The van der Waals surface area contributed by atoms with Gasteiger partial charge in [-0.25, -0.2) is 4.98 Å². The highest BCUT2D eigenvalue weighted by Gasteiger charge is 2.19. The van der Waals surface area contributed by atoms with Crippen LogP contribution in [0.1, 0.15) is 26.3 Å². The summed E-state index contributed by atoms with van der Waals surface area (Å²) in [4.78, 5) is 30.0. The molecule has 3 aromatic carbocycles. The second-order valence-electron chi connectivity index (χ2n) is 5.99. The normalized spacial score (nSPS) is 10.8. The Kier molecular flexibility index (Phi) is 5.26. The number of nitrogens with one attached hydrogen (secondary N) is 1. The SMILES string of the molecule is O=C(Nc1ccc(Br)cc1C(=O)c1ccccc1Cl)c1ccc2ncsc2c1. The number of hydrogen-bond acceptors (Lipinski definition) is 4. The highest BCUT2D eigenvalue weighted by molar-refractivity contribution is 9.10. The molecular formula is C21H12BrClN2O2S. The van der Waals surface area contributed by atoms with Crippen molar-refractivity contribution in [2.75, 3.05) is 5.32 Å². The van der Waals surface area contributed by atoms with E-state index in [0.29, 0.717) is 27.4 Å². The fourth-order valence-corrected chi connectivity index (χ4v) is 4.09. The van der Waals surface area contributed by atoms with Crippen molar-refractivity contribution in [2.45, 2.75) is 0 Å². The molecule has 28 heavy (non-hydrogen) atoms. The molecule has 0 aliphatic carbocycles. The number of rotatable bonds is 4. The van der Waals surface area contributed by atoms with Crippen molar-refractivity contribution in [3.8, 4) is 0 Å². The molecule has 0 saturated heterocycles. The van der Waals surface area contributed by atoms with Crippen LogP contribution in [0, 0.1) is 0 Å². The maximum absolute atomic E-state index is 13.0. The van der Waals surface area contributed by atoms with Crippen molar-refractivity contribution < 1.29 is 9.59 Å². The Morgan fingerprint density at radius 1 is 1.00 bits per heavy atom. The third-order valence-electron chi connectivity index (χ3n) is 4.19. The third kappa shape index (κ3) is 3.71. The summed E-state index contributed by atoms with van der Waals surface area (Å²) in [5, 5.41) is 3.20. The molecule has 7 heteroatoms. The number of anilines is 1. The fourth-order valence-electron chi connectivity index (χ4n) is 2.79. The maximum atomic E-state index is 13.0. The Morgan fingerprint density at radius 2 is 1.82 bits per heavy atom. The molecule has 0 aliphatic heterocycles. The van der Waals surface area contributed by atoms with Gasteiger partial charge in [0.1, 0.15) is 0 Å². The zero-order valence-electron chi connectivity index (χ0n) is 14.3. The quantitative estimate of drug-likeness (QED) is 0.361. The Bertz CT molecular complexity index is 1220. The van der Waals surface area contributed by atoms with Crippen molar-refractivity contribution in [1.82, 2.24) is 4.98 Å². The van der Waals surface area contributed by atoms with Gasteiger partial charge < -0.3 is 5.32 Å². The minimum atomic E-state index is -0.300. The molecule has 1 N–H and O–H groups in total. The van der Waals surface area contributed by atoms with E-state index in [2.05, 4.69) is 26.2 Å². The first kappa shape index (κ1) is 18.8. The van der Waals surface area contributed by atoms with Gasteiger partial charge in [0.05, 0.1) is 26.4 Å². The van der Waals surface area contributed by atoms with Gasteiger partial charge in [0.15, 0.2) is 5.78 Å². The average molecular weight is 472 g/mol. The van der Waals surface area contributed by atoms with Gasteiger partial charge in [-0.1, -0.05) is 39.7 Å². The molecule has 138 valence electrons. The van der Waals surface area contributed by atoms with E-state index >= 15 is 0 Å². The Hall–Kier alpha value is -2.54. The summed E-state index contributed by atoms with van der Waals surface area (Å²) >= 11 is 11.0. The van der Waals surface area contributed by atoms with Crippen molar-refractivity contribution in [2.24, 2.45) is 0 Å². The lowest BCUT2D eigenvalue weighted by atomic mass is 10.0.